The standard InChI is InChI=1S/C15H20BrNO/c16-14-3-1-2-12(9-14)8-13-10-17(11-13)15-4-6-18-7-5-15/h1-3,9,13,15H,4-8,10-11H2. The van der Waals surface area contributed by atoms with E-state index in [0.29, 0.717) is 0 Å². The van der Waals surface area contributed by atoms with Gasteiger partial charge in [-0.2, -0.15) is 0 Å². The average molecular weight is 310 g/mol. The van der Waals surface area contributed by atoms with Gasteiger partial charge in [0.05, 0.1) is 0 Å². The van der Waals surface area contributed by atoms with Crippen LogP contribution < -0.4 is 0 Å². The SMILES string of the molecule is Brc1cccc(CC2CN(C3CCOCC3)C2)c1. The topological polar surface area (TPSA) is 12.5 Å². The molecule has 2 fully saturated rings. The van der Waals surface area contributed by atoms with Gasteiger partial charge in [0.25, 0.3) is 0 Å². The third-order valence-electron chi connectivity index (χ3n) is 4.11. The number of likely N-dealkylation sites (tertiary alicyclic amines) is 1. The van der Waals surface area contributed by atoms with E-state index < -0.39 is 0 Å². The van der Waals surface area contributed by atoms with Gasteiger partial charge >= 0.3 is 0 Å². The summed E-state index contributed by atoms with van der Waals surface area (Å²) < 4.78 is 6.62. The minimum Gasteiger partial charge on any atom is -0.381 e. The zero-order valence-electron chi connectivity index (χ0n) is 10.6. The molecule has 3 heteroatoms. The highest BCUT2D eigenvalue weighted by Crippen LogP contribution is 2.27. The van der Waals surface area contributed by atoms with Crippen LogP contribution >= 0.6 is 15.9 Å². The predicted octanol–water partition coefficient (Wildman–Crippen LogP) is 3.10. The summed E-state index contributed by atoms with van der Waals surface area (Å²) in [5.74, 6) is 0.849. The summed E-state index contributed by atoms with van der Waals surface area (Å²) in [6.45, 7) is 4.46. The molecule has 0 amide bonds. The van der Waals surface area contributed by atoms with E-state index in [1.165, 1.54) is 42.4 Å². The maximum absolute atomic E-state index is 5.42. The van der Waals surface area contributed by atoms with Crippen molar-refractivity contribution in [2.75, 3.05) is 26.3 Å². The molecule has 0 radical (unpaired) electrons. The lowest BCUT2D eigenvalue weighted by atomic mass is 9.89. The Kier molecular flexibility index (Phi) is 4.02. The molecule has 98 valence electrons. The third-order valence-corrected chi connectivity index (χ3v) is 4.60. The van der Waals surface area contributed by atoms with Crippen molar-refractivity contribution in [3.05, 3.63) is 34.3 Å². The Hall–Kier alpha value is -0.380. The van der Waals surface area contributed by atoms with E-state index >= 15 is 0 Å². The van der Waals surface area contributed by atoms with Crippen molar-refractivity contribution in [3.8, 4) is 0 Å². The zero-order valence-corrected chi connectivity index (χ0v) is 12.2. The monoisotopic (exact) mass is 309 g/mol. The van der Waals surface area contributed by atoms with Crippen LogP contribution in [0.25, 0.3) is 0 Å². The second-order valence-electron chi connectivity index (χ2n) is 5.50. The van der Waals surface area contributed by atoms with E-state index in [-0.39, 0.29) is 0 Å². The molecule has 0 aromatic heterocycles. The van der Waals surface area contributed by atoms with E-state index in [2.05, 4.69) is 45.1 Å². The second kappa shape index (κ2) is 5.72. The molecule has 3 rings (SSSR count). The van der Waals surface area contributed by atoms with Crippen LogP contribution in [0.15, 0.2) is 28.7 Å². The van der Waals surface area contributed by atoms with Crippen LogP contribution in [0.5, 0.6) is 0 Å². The van der Waals surface area contributed by atoms with Crippen LogP contribution in [-0.2, 0) is 11.2 Å². The van der Waals surface area contributed by atoms with Crippen molar-refractivity contribution in [3.63, 3.8) is 0 Å². The van der Waals surface area contributed by atoms with Crippen LogP contribution in [0, 0.1) is 5.92 Å². The Bertz CT molecular complexity index is 397. The van der Waals surface area contributed by atoms with E-state index in [1.54, 1.807) is 0 Å². The van der Waals surface area contributed by atoms with Crippen molar-refractivity contribution in [1.82, 2.24) is 4.90 Å². The molecule has 2 aliphatic heterocycles. The third kappa shape index (κ3) is 2.95. The first kappa shape index (κ1) is 12.6. The Morgan fingerprint density at radius 2 is 2.00 bits per heavy atom. The van der Waals surface area contributed by atoms with Crippen LogP contribution in [0.4, 0.5) is 0 Å². The van der Waals surface area contributed by atoms with Gasteiger partial charge in [-0.3, -0.25) is 4.90 Å². The van der Waals surface area contributed by atoms with Crippen LogP contribution in [0.2, 0.25) is 0 Å². The van der Waals surface area contributed by atoms with Gasteiger partial charge in [0, 0.05) is 36.8 Å². The first-order valence-corrected chi connectivity index (χ1v) is 7.67. The van der Waals surface area contributed by atoms with Crippen molar-refractivity contribution in [2.24, 2.45) is 5.92 Å². The fourth-order valence-corrected chi connectivity index (χ4v) is 3.53. The highest BCUT2D eigenvalue weighted by Gasteiger charge is 2.32. The van der Waals surface area contributed by atoms with Gasteiger partial charge in [-0.1, -0.05) is 28.1 Å². The molecule has 1 aromatic rings. The lowest BCUT2D eigenvalue weighted by Crippen LogP contribution is -2.54. The summed E-state index contributed by atoms with van der Waals surface area (Å²) in [6.07, 6.45) is 3.67. The number of nitrogens with zero attached hydrogens (tertiary/aromatic N) is 1. The highest BCUT2D eigenvalue weighted by atomic mass is 79.9. The summed E-state index contributed by atoms with van der Waals surface area (Å²) in [5.41, 5.74) is 1.46. The fraction of sp³-hybridized carbons (Fsp3) is 0.600. The van der Waals surface area contributed by atoms with Gasteiger partial charge in [0.15, 0.2) is 0 Å². The van der Waals surface area contributed by atoms with Gasteiger partial charge in [0.1, 0.15) is 0 Å². The molecule has 18 heavy (non-hydrogen) atoms. The largest absolute Gasteiger partial charge is 0.381 e. The molecule has 0 bridgehead atoms. The molecule has 0 saturated carbocycles. The smallest absolute Gasteiger partial charge is 0.0480 e. The maximum Gasteiger partial charge on any atom is 0.0480 e. The van der Waals surface area contributed by atoms with Gasteiger partial charge in [-0.05, 0) is 42.9 Å². The molecular formula is C15H20BrNO. The van der Waals surface area contributed by atoms with E-state index in [1.807, 2.05) is 0 Å². The molecule has 2 saturated heterocycles. The quantitative estimate of drug-likeness (QED) is 0.850. The molecule has 2 aliphatic rings. The number of rotatable bonds is 3. The minimum atomic E-state index is 0.789. The first-order chi connectivity index (χ1) is 8.81. The summed E-state index contributed by atoms with van der Waals surface area (Å²) in [7, 11) is 0. The molecule has 0 spiro atoms. The molecule has 0 unspecified atom stereocenters. The van der Waals surface area contributed by atoms with Gasteiger partial charge in [0.2, 0.25) is 0 Å². The Morgan fingerprint density at radius 1 is 1.22 bits per heavy atom. The van der Waals surface area contributed by atoms with Gasteiger partial charge in [-0.15, -0.1) is 0 Å². The molecule has 2 nitrogen and oxygen atoms in total. The number of hydrogen-bond donors (Lipinski definition) is 0. The fourth-order valence-electron chi connectivity index (χ4n) is 3.08. The molecule has 0 atom stereocenters. The number of hydrogen-bond acceptors (Lipinski definition) is 2. The Balaban J connectivity index is 1.47. The molecule has 0 N–H and O–H groups in total. The van der Waals surface area contributed by atoms with E-state index in [9.17, 15) is 0 Å². The van der Waals surface area contributed by atoms with Crippen LogP contribution in [-0.4, -0.2) is 37.2 Å². The Labute approximate surface area is 117 Å². The second-order valence-corrected chi connectivity index (χ2v) is 6.41. The zero-order chi connectivity index (χ0) is 12.4. The number of halogens is 1. The normalized spacial score (nSPS) is 22.9. The van der Waals surface area contributed by atoms with Crippen LogP contribution in [0.1, 0.15) is 18.4 Å². The molecule has 1 aromatic carbocycles. The van der Waals surface area contributed by atoms with E-state index in [0.717, 1.165) is 25.2 Å². The summed E-state index contributed by atoms with van der Waals surface area (Å²) >= 11 is 3.54. The maximum atomic E-state index is 5.42. The lowest BCUT2D eigenvalue weighted by molar-refractivity contribution is -0.0149. The number of benzene rings is 1. The van der Waals surface area contributed by atoms with E-state index in [4.69, 9.17) is 4.74 Å². The predicted molar refractivity (Wildman–Crippen MR) is 76.8 cm³/mol. The first-order valence-electron chi connectivity index (χ1n) is 6.87. The highest BCUT2D eigenvalue weighted by molar-refractivity contribution is 9.10. The summed E-state index contributed by atoms with van der Waals surface area (Å²) in [4.78, 5) is 2.64. The molecular weight excluding hydrogens is 290 g/mol. The van der Waals surface area contributed by atoms with Crippen molar-refractivity contribution < 1.29 is 4.74 Å². The lowest BCUT2D eigenvalue weighted by Gasteiger charge is -2.45. The number of ether oxygens (including phenoxy) is 1. The Morgan fingerprint density at radius 3 is 2.72 bits per heavy atom. The minimum absolute atomic E-state index is 0.789. The molecule has 0 aliphatic carbocycles. The van der Waals surface area contributed by atoms with Crippen molar-refractivity contribution in [2.45, 2.75) is 25.3 Å². The summed E-state index contributed by atoms with van der Waals surface area (Å²) in [5, 5.41) is 0. The van der Waals surface area contributed by atoms with Crippen LogP contribution in [0.3, 0.4) is 0 Å². The average Bonchev–Trinajstić information content (AvgIpc) is 2.34. The van der Waals surface area contributed by atoms with Crippen molar-refractivity contribution >= 4 is 15.9 Å². The summed E-state index contributed by atoms with van der Waals surface area (Å²) in [6, 6.07) is 9.50. The van der Waals surface area contributed by atoms with Gasteiger partial charge < -0.3 is 4.74 Å². The van der Waals surface area contributed by atoms with Crippen molar-refractivity contribution in [1.29, 1.82) is 0 Å². The molecule has 2 heterocycles. The van der Waals surface area contributed by atoms with Gasteiger partial charge in [-0.25, -0.2) is 0 Å².